The van der Waals surface area contributed by atoms with Crippen molar-refractivity contribution >= 4 is 45.6 Å². The molecule has 0 bridgehead atoms. The Kier molecular flexibility index (Phi) is 7.62. The van der Waals surface area contributed by atoms with Crippen molar-refractivity contribution in [3.8, 4) is 90.9 Å². The van der Waals surface area contributed by atoms with Crippen LogP contribution in [0.2, 0.25) is 0 Å². The van der Waals surface area contributed by atoms with Crippen LogP contribution in [0.25, 0.3) is 65.7 Å². The number of hydrogen-bond acceptors (Lipinski definition) is 9. The Balaban J connectivity index is 1.39. The second kappa shape index (κ2) is 12.2. The van der Waals surface area contributed by atoms with Crippen molar-refractivity contribution < 1.29 is 45.6 Å². The standard InChI is InChI=1S/C43H31BO9/c1-20-18-23(15-17-29(20)53-24-16-14-21-8-2-3-9-22(21)19-24)30-25-10-4-6-12-27(25)31(28-13-7-5-11-26(28)30)32-33(38(47)43(52)42(51)37(32)46)34-36(45)35(44)40(49)41(50)39(34)48/h2-19,45-52H,44H2,1H3. The van der Waals surface area contributed by atoms with E-state index < -0.39 is 57.1 Å². The third-order valence-electron chi connectivity index (χ3n) is 9.87. The van der Waals surface area contributed by atoms with Crippen LogP contribution < -0.4 is 10.2 Å². The van der Waals surface area contributed by atoms with Crippen LogP contribution in [0.5, 0.6) is 57.5 Å². The van der Waals surface area contributed by atoms with Crippen LogP contribution in [0.4, 0.5) is 0 Å². The SMILES string of the molecule is Bc1c(O)c(O)c(O)c(-c2c(O)c(O)c(O)c(O)c2-c2c3ccccc3c(-c3ccc(Oc4ccc5ccccc5c4)c(C)c3)c3ccccc23)c1O. The first kappa shape index (κ1) is 33.0. The molecular formula is C43H31BO9. The molecule has 10 heteroatoms. The zero-order valence-corrected chi connectivity index (χ0v) is 28.4. The molecule has 0 atom stereocenters. The van der Waals surface area contributed by atoms with Gasteiger partial charge in [-0.2, -0.15) is 0 Å². The lowest BCUT2D eigenvalue weighted by molar-refractivity contribution is 0.347. The smallest absolute Gasteiger partial charge is 0.204 e. The van der Waals surface area contributed by atoms with E-state index in [1.165, 1.54) is 7.85 Å². The molecule has 0 aliphatic heterocycles. The molecule has 0 saturated heterocycles. The Hall–Kier alpha value is -7.20. The number of phenolic OH excluding ortho intramolecular Hbond substituents is 8. The van der Waals surface area contributed by atoms with Crippen molar-refractivity contribution in [2.24, 2.45) is 0 Å². The van der Waals surface area contributed by atoms with Crippen LogP contribution >= 0.6 is 0 Å². The Morgan fingerprint density at radius 1 is 0.415 bits per heavy atom. The Labute approximate surface area is 303 Å². The highest BCUT2D eigenvalue weighted by Crippen LogP contribution is 2.61. The lowest BCUT2D eigenvalue weighted by Gasteiger charge is -2.23. The largest absolute Gasteiger partial charge is 0.508 e. The molecule has 53 heavy (non-hydrogen) atoms. The average molecular weight is 703 g/mol. The van der Waals surface area contributed by atoms with Gasteiger partial charge in [0.25, 0.3) is 0 Å². The molecule has 9 nitrogen and oxygen atoms in total. The molecule has 0 radical (unpaired) electrons. The van der Waals surface area contributed by atoms with E-state index in [-0.39, 0.29) is 16.6 Å². The summed E-state index contributed by atoms with van der Waals surface area (Å²) in [5, 5.41) is 92.5. The van der Waals surface area contributed by atoms with E-state index in [2.05, 4.69) is 0 Å². The van der Waals surface area contributed by atoms with Gasteiger partial charge < -0.3 is 45.6 Å². The summed E-state index contributed by atoms with van der Waals surface area (Å²) in [5.74, 6) is -6.25. The average Bonchev–Trinajstić information content (AvgIpc) is 3.17. The van der Waals surface area contributed by atoms with Gasteiger partial charge in [0.15, 0.2) is 23.0 Å². The van der Waals surface area contributed by atoms with Gasteiger partial charge >= 0.3 is 0 Å². The fourth-order valence-corrected chi connectivity index (χ4v) is 7.23. The molecular weight excluding hydrogens is 671 g/mol. The predicted octanol–water partition coefficient (Wildman–Crippen LogP) is 8.15. The quantitative estimate of drug-likeness (QED) is 0.0382. The van der Waals surface area contributed by atoms with Crippen molar-refractivity contribution in [1.29, 1.82) is 0 Å². The summed E-state index contributed by atoms with van der Waals surface area (Å²) in [6.45, 7) is 1.96. The lowest BCUT2D eigenvalue weighted by Crippen LogP contribution is -2.06. The van der Waals surface area contributed by atoms with E-state index in [0.717, 1.165) is 27.5 Å². The third-order valence-corrected chi connectivity index (χ3v) is 9.87. The van der Waals surface area contributed by atoms with E-state index >= 15 is 0 Å². The highest BCUT2D eigenvalue weighted by atomic mass is 16.5. The van der Waals surface area contributed by atoms with Gasteiger partial charge in [0.2, 0.25) is 17.2 Å². The molecule has 260 valence electrons. The summed E-state index contributed by atoms with van der Waals surface area (Å²) in [7, 11) is 1.27. The molecule has 0 saturated carbocycles. The van der Waals surface area contributed by atoms with Gasteiger partial charge in [-0.25, -0.2) is 0 Å². The van der Waals surface area contributed by atoms with Crippen LogP contribution in [0.15, 0.2) is 109 Å². The second-order valence-corrected chi connectivity index (χ2v) is 13.0. The van der Waals surface area contributed by atoms with E-state index in [0.29, 0.717) is 33.0 Å². The molecule has 8 aromatic rings. The minimum Gasteiger partial charge on any atom is -0.508 e. The molecule has 0 fully saturated rings. The monoisotopic (exact) mass is 702 g/mol. The minimum atomic E-state index is -1.13. The van der Waals surface area contributed by atoms with Gasteiger partial charge in [-0.3, -0.25) is 0 Å². The maximum atomic E-state index is 11.6. The molecule has 8 rings (SSSR count). The first-order chi connectivity index (χ1) is 25.5. The normalized spacial score (nSPS) is 11.4. The molecule has 8 N–H and O–H groups in total. The number of ether oxygens (including phenoxy) is 1. The van der Waals surface area contributed by atoms with Gasteiger partial charge in [0, 0.05) is 16.7 Å². The molecule has 0 aromatic heterocycles. The fraction of sp³-hybridized carbons (Fsp3) is 0.0233. The number of phenols is 8. The van der Waals surface area contributed by atoms with Gasteiger partial charge in [0.05, 0.1) is 5.56 Å². The van der Waals surface area contributed by atoms with E-state index in [4.69, 9.17) is 4.74 Å². The lowest BCUT2D eigenvalue weighted by atomic mass is 9.81. The summed E-state index contributed by atoms with van der Waals surface area (Å²) >= 11 is 0. The number of aromatic hydroxyl groups is 8. The topological polar surface area (TPSA) is 171 Å². The number of rotatable bonds is 5. The fourth-order valence-electron chi connectivity index (χ4n) is 7.23. The van der Waals surface area contributed by atoms with Crippen molar-refractivity contribution in [3.05, 3.63) is 115 Å². The van der Waals surface area contributed by atoms with Crippen LogP contribution in [-0.2, 0) is 0 Å². The minimum absolute atomic E-state index is 0.249. The Morgan fingerprint density at radius 2 is 0.906 bits per heavy atom. The molecule has 0 aliphatic rings. The predicted molar refractivity (Wildman–Crippen MR) is 208 cm³/mol. The number of hydrogen-bond donors (Lipinski definition) is 8. The van der Waals surface area contributed by atoms with Crippen molar-refractivity contribution in [3.63, 3.8) is 0 Å². The van der Waals surface area contributed by atoms with Gasteiger partial charge in [0.1, 0.15) is 25.1 Å². The number of aryl methyl sites for hydroxylation is 1. The number of fused-ring (bicyclic) bond motifs is 3. The second-order valence-electron chi connectivity index (χ2n) is 13.0. The third kappa shape index (κ3) is 5.03. The molecule has 0 spiro atoms. The van der Waals surface area contributed by atoms with E-state index in [1.54, 1.807) is 24.3 Å². The van der Waals surface area contributed by atoms with Crippen LogP contribution in [0, 0.1) is 6.92 Å². The maximum absolute atomic E-state index is 11.6. The maximum Gasteiger partial charge on any atom is 0.204 e. The van der Waals surface area contributed by atoms with E-state index in [9.17, 15) is 40.9 Å². The first-order valence-corrected chi connectivity index (χ1v) is 16.7. The summed E-state index contributed by atoms with van der Waals surface area (Å²) < 4.78 is 6.33. The summed E-state index contributed by atoms with van der Waals surface area (Å²) in [6, 6.07) is 34.4. The van der Waals surface area contributed by atoms with Crippen LogP contribution in [0.3, 0.4) is 0 Å². The van der Waals surface area contributed by atoms with Crippen LogP contribution in [-0.4, -0.2) is 48.7 Å². The van der Waals surface area contributed by atoms with Crippen molar-refractivity contribution in [2.45, 2.75) is 6.92 Å². The molecule has 8 aromatic carbocycles. The summed E-state index contributed by atoms with van der Waals surface area (Å²) in [4.78, 5) is 0. The number of benzene rings is 8. The van der Waals surface area contributed by atoms with Crippen LogP contribution in [0.1, 0.15) is 5.56 Å². The van der Waals surface area contributed by atoms with Crippen molar-refractivity contribution in [1.82, 2.24) is 0 Å². The Morgan fingerprint density at radius 3 is 1.49 bits per heavy atom. The van der Waals surface area contributed by atoms with Gasteiger partial charge in [-0.1, -0.05) is 84.9 Å². The highest BCUT2D eigenvalue weighted by molar-refractivity contribution is 6.37. The van der Waals surface area contributed by atoms with E-state index in [1.807, 2.05) is 91.9 Å². The molecule has 0 amide bonds. The zero-order chi connectivity index (χ0) is 37.3. The molecule has 0 unspecified atom stereocenters. The van der Waals surface area contributed by atoms with Gasteiger partial charge in [-0.05, 0) is 85.7 Å². The molecule has 0 aliphatic carbocycles. The Bertz CT molecular complexity index is 2740. The summed E-state index contributed by atoms with van der Waals surface area (Å²) in [5.41, 5.74) is 1.22. The molecule has 0 heterocycles. The zero-order valence-electron chi connectivity index (χ0n) is 28.4. The highest BCUT2D eigenvalue weighted by Gasteiger charge is 2.33. The van der Waals surface area contributed by atoms with Gasteiger partial charge in [-0.15, -0.1) is 0 Å². The van der Waals surface area contributed by atoms with Crippen molar-refractivity contribution in [2.75, 3.05) is 0 Å². The summed E-state index contributed by atoms with van der Waals surface area (Å²) in [6.07, 6.45) is 0. The first-order valence-electron chi connectivity index (χ1n) is 16.7.